The van der Waals surface area contributed by atoms with Gasteiger partial charge in [-0.2, -0.15) is 5.10 Å². The van der Waals surface area contributed by atoms with Crippen LogP contribution in [0.2, 0.25) is 0 Å². The minimum Gasteiger partial charge on any atom is -0.493 e. The number of nitrogens with one attached hydrogen (secondary N) is 1. The summed E-state index contributed by atoms with van der Waals surface area (Å²) in [5.41, 5.74) is 3.92. The normalized spacial score (nSPS) is 13.1. The van der Waals surface area contributed by atoms with Crippen LogP contribution in [0.4, 0.5) is 0 Å². The van der Waals surface area contributed by atoms with E-state index in [1.807, 2.05) is 4.68 Å². The van der Waals surface area contributed by atoms with Crippen LogP contribution < -0.4 is 16.0 Å². The number of hydrazine groups is 1. The number of hydrogen-bond donors (Lipinski definition) is 2. The zero-order valence-electron chi connectivity index (χ0n) is 11.2. The highest BCUT2D eigenvalue weighted by Crippen LogP contribution is 2.28. The molecule has 0 aliphatic carbocycles. The molecule has 17 heavy (non-hydrogen) atoms. The Morgan fingerprint density at radius 3 is 2.71 bits per heavy atom. The smallest absolute Gasteiger partial charge is 0.161 e. The van der Waals surface area contributed by atoms with Gasteiger partial charge in [-0.25, -0.2) is 0 Å². The third kappa shape index (κ3) is 3.44. The lowest BCUT2D eigenvalue weighted by Crippen LogP contribution is -2.31. The summed E-state index contributed by atoms with van der Waals surface area (Å²) < 4.78 is 7.34. The van der Waals surface area contributed by atoms with Gasteiger partial charge in [0.05, 0.1) is 25.0 Å². The average molecular weight is 240 g/mol. The van der Waals surface area contributed by atoms with E-state index in [2.05, 4.69) is 31.3 Å². The van der Waals surface area contributed by atoms with Crippen LogP contribution in [0.25, 0.3) is 0 Å². The van der Waals surface area contributed by atoms with Gasteiger partial charge in [-0.1, -0.05) is 20.8 Å². The molecule has 3 N–H and O–H groups in total. The molecule has 0 bridgehead atoms. The summed E-state index contributed by atoms with van der Waals surface area (Å²) in [5.74, 6) is 7.02. The predicted molar refractivity (Wildman–Crippen MR) is 68.6 cm³/mol. The highest BCUT2D eigenvalue weighted by molar-refractivity contribution is 5.28. The SMILES string of the molecule is CCCn1ncc(OC)c1C(CC(C)C)NN. The summed E-state index contributed by atoms with van der Waals surface area (Å²) in [6.07, 6.45) is 3.76. The lowest BCUT2D eigenvalue weighted by Gasteiger charge is -2.20. The summed E-state index contributed by atoms with van der Waals surface area (Å²) in [4.78, 5) is 0. The molecule has 0 aliphatic heterocycles. The van der Waals surface area contributed by atoms with E-state index in [0.717, 1.165) is 30.8 Å². The van der Waals surface area contributed by atoms with Crippen molar-refractivity contribution >= 4 is 0 Å². The number of methoxy groups -OCH3 is 1. The van der Waals surface area contributed by atoms with Crippen molar-refractivity contribution in [3.05, 3.63) is 11.9 Å². The van der Waals surface area contributed by atoms with Gasteiger partial charge in [0.15, 0.2) is 5.75 Å². The average Bonchev–Trinajstić information content (AvgIpc) is 2.69. The first kappa shape index (κ1) is 14.0. The Bertz CT molecular complexity index is 335. The zero-order valence-corrected chi connectivity index (χ0v) is 11.2. The minimum atomic E-state index is 0.0824. The Morgan fingerprint density at radius 2 is 2.24 bits per heavy atom. The first-order chi connectivity index (χ1) is 8.13. The van der Waals surface area contributed by atoms with E-state index in [4.69, 9.17) is 10.6 Å². The lowest BCUT2D eigenvalue weighted by molar-refractivity contribution is 0.367. The van der Waals surface area contributed by atoms with Crippen molar-refractivity contribution in [3.63, 3.8) is 0 Å². The van der Waals surface area contributed by atoms with Gasteiger partial charge in [-0.3, -0.25) is 16.0 Å². The maximum atomic E-state index is 5.65. The van der Waals surface area contributed by atoms with Crippen LogP contribution in [-0.2, 0) is 6.54 Å². The highest BCUT2D eigenvalue weighted by atomic mass is 16.5. The van der Waals surface area contributed by atoms with E-state index in [1.54, 1.807) is 13.3 Å². The fourth-order valence-electron chi connectivity index (χ4n) is 2.01. The van der Waals surface area contributed by atoms with E-state index in [0.29, 0.717) is 5.92 Å². The summed E-state index contributed by atoms with van der Waals surface area (Å²) in [5, 5.41) is 4.35. The van der Waals surface area contributed by atoms with Gasteiger partial charge in [0, 0.05) is 6.54 Å². The molecule has 1 unspecified atom stereocenters. The number of ether oxygens (including phenoxy) is 1. The summed E-state index contributed by atoms with van der Waals surface area (Å²) >= 11 is 0. The molecule has 1 rings (SSSR count). The molecule has 0 spiro atoms. The molecule has 1 heterocycles. The highest BCUT2D eigenvalue weighted by Gasteiger charge is 2.21. The van der Waals surface area contributed by atoms with Crippen LogP contribution in [0.1, 0.15) is 45.3 Å². The summed E-state index contributed by atoms with van der Waals surface area (Å²) in [7, 11) is 1.67. The Hall–Kier alpha value is -1.07. The number of nitrogens with two attached hydrogens (primary N) is 1. The first-order valence-electron chi connectivity index (χ1n) is 6.19. The number of rotatable bonds is 7. The van der Waals surface area contributed by atoms with Crippen LogP contribution in [-0.4, -0.2) is 16.9 Å². The van der Waals surface area contributed by atoms with Crippen molar-refractivity contribution in [3.8, 4) is 5.75 Å². The molecular weight excluding hydrogens is 216 g/mol. The Morgan fingerprint density at radius 1 is 1.53 bits per heavy atom. The molecule has 1 aromatic heterocycles. The topological polar surface area (TPSA) is 65.1 Å². The molecule has 0 fully saturated rings. The molecule has 1 atom stereocenters. The standard InChI is InChI=1S/C12H24N4O/c1-5-6-16-12(11(17-4)8-14-16)10(15-13)7-9(2)3/h8-10,15H,5-7,13H2,1-4H3. The largest absolute Gasteiger partial charge is 0.493 e. The van der Waals surface area contributed by atoms with Crippen molar-refractivity contribution in [2.24, 2.45) is 11.8 Å². The Balaban J connectivity index is 3.00. The van der Waals surface area contributed by atoms with Crippen molar-refractivity contribution in [2.45, 2.75) is 46.2 Å². The fourth-order valence-corrected chi connectivity index (χ4v) is 2.01. The Kier molecular flexibility index (Phi) is 5.44. The van der Waals surface area contributed by atoms with E-state index < -0.39 is 0 Å². The quantitative estimate of drug-likeness (QED) is 0.564. The molecule has 0 saturated carbocycles. The van der Waals surface area contributed by atoms with Gasteiger partial charge in [-0.15, -0.1) is 0 Å². The molecule has 5 nitrogen and oxygen atoms in total. The number of hydrogen-bond acceptors (Lipinski definition) is 4. The maximum absolute atomic E-state index is 5.65. The van der Waals surface area contributed by atoms with Crippen LogP contribution in [0.15, 0.2) is 6.20 Å². The first-order valence-corrected chi connectivity index (χ1v) is 6.19. The number of aryl methyl sites for hydroxylation is 1. The molecule has 5 heteroatoms. The summed E-state index contributed by atoms with van der Waals surface area (Å²) in [6, 6.07) is 0.0824. The molecule has 0 saturated heterocycles. The van der Waals surface area contributed by atoms with Crippen LogP contribution >= 0.6 is 0 Å². The molecule has 98 valence electrons. The van der Waals surface area contributed by atoms with Gasteiger partial charge in [0.2, 0.25) is 0 Å². The van der Waals surface area contributed by atoms with Gasteiger partial charge in [0.1, 0.15) is 0 Å². The van der Waals surface area contributed by atoms with Crippen molar-refractivity contribution in [1.82, 2.24) is 15.2 Å². The van der Waals surface area contributed by atoms with Crippen molar-refractivity contribution < 1.29 is 4.74 Å². The lowest BCUT2D eigenvalue weighted by atomic mass is 10.0. The molecule has 1 aromatic rings. The minimum absolute atomic E-state index is 0.0824. The van der Waals surface area contributed by atoms with Crippen LogP contribution in [0.5, 0.6) is 5.75 Å². The van der Waals surface area contributed by atoms with Crippen molar-refractivity contribution in [2.75, 3.05) is 7.11 Å². The third-order valence-corrected chi connectivity index (χ3v) is 2.74. The van der Waals surface area contributed by atoms with Crippen molar-refractivity contribution in [1.29, 1.82) is 0 Å². The second-order valence-corrected chi connectivity index (χ2v) is 4.67. The molecule has 0 aromatic carbocycles. The van der Waals surface area contributed by atoms with E-state index in [-0.39, 0.29) is 6.04 Å². The third-order valence-electron chi connectivity index (χ3n) is 2.74. The van der Waals surface area contributed by atoms with Gasteiger partial charge in [-0.05, 0) is 18.8 Å². The van der Waals surface area contributed by atoms with Gasteiger partial charge < -0.3 is 4.74 Å². The molecular formula is C12H24N4O. The van der Waals surface area contributed by atoms with Crippen LogP contribution in [0.3, 0.4) is 0 Å². The van der Waals surface area contributed by atoms with E-state index >= 15 is 0 Å². The predicted octanol–water partition coefficient (Wildman–Crippen LogP) is 1.85. The monoisotopic (exact) mass is 240 g/mol. The second kappa shape index (κ2) is 6.61. The molecule has 0 aliphatic rings. The number of nitrogens with zero attached hydrogens (tertiary/aromatic N) is 2. The summed E-state index contributed by atoms with van der Waals surface area (Å²) in [6.45, 7) is 7.37. The van der Waals surface area contributed by atoms with Gasteiger partial charge >= 0.3 is 0 Å². The van der Waals surface area contributed by atoms with Gasteiger partial charge in [0.25, 0.3) is 0 Å². The van der Waals surface area contributed by atoms with Crippen LogP contribution in [0, 0.1) is 5.92 Å². The Labute approximate surface area is 103 Å². The van der Waals surface area contributed by atoms with E-state index in [1.165, 1.54) is 0 Å². The molecule has 0 radical (unpaired) electrons. The number of aromatic nitrogens is 2. The second-order valence-electron chi connectivity index (χ2n) is 4.67. The van der Waals surface area contributed by atoms with E-state index in [9.17, 15) is 0 Å². The molecule has 0 amide bonds. The zero-order chi connectivity index (χ0) is 12.8. The maximum Gasteiger partial charge on any atom is 0.161 e. The fraction of sp³-hybridized carbons (Fsp3) is 0.750.